The molecule has 0 amide bonds. The van der Waals surface area contributed by atoms with Crippen LogP contribution >= 0.6 is 0 Å². The standard InChI is InChI=1S/C14H9N4O/c1-3-15-5-9-7-17-8-13-18(14(17)10(1)9)11-6-16-4-2-12(11)19-13/h1-6,8H,7H2/q+1. The van der Waals surface area contributed by atoms with Crippen LogP contribution in [-0.2, 0) is 6.54 Å². The lowest BCUT2D eigenvalue weighted by Crippen LogP contribution is -2.29. The van der Waals surface area contributed by atoms with E-state index in [1.54, 1.807) is 6.20 Å². The Morgan fingerprint density at radius 3 is 3.05 bits per heavy atom. The van der Waals surface area contributed by atoms with Gasteiger partial charge in [0.05, 0.1) is 11.8 Å². The topological polar surface area (TPSA) is 47.2 Å². The molecule has 0 aliphatic carbocycles. The normalized spacial score (nSPS) is 13.1. The molecule has 0 bridgehead atoms. The summed E-state index contributed by atoms with van der Waals surface area (Å²) in [7, 11) is 0. The Bertz CT molecular complexity index is 951. The van der Waals surface area contributed by atoms with E-state index in [4.69, 9.17) is 4.42 Å². The molecule has 0 radical (unpaired) electrons. The van der Waals surface area contributed by atoms with Crippen molar-refractivity contribution < 1.29 is 8.98 Å². The van der Waals surface area contributed by atoms with Crippen molar-refractivity contribution in [2.24, 2.45) is 0 Å². The van der Waals surface area contributed by atoms with Gasteiger partial charge >= 0.3 is 5.71 Å². The first-order valence-corrected chi connectivity index (χ1v) is 6.12. The van der Waals surface area contributed by atoms with E-state index < -0.39 is 0 Å². The Morgan fingerprint density at radius 1 is 1.16 bits per heavy atom. The molecule has 1 aliphatic heterocycles. The molecule has 0 fully saturated rings. The number of fused-ring (bicyclic) bond motifs is 7. The molecule has 90 valence electrons. The van der Waals surface area contributed by atoms with Gasteiger partial charge in [0.1, 0.15) is 6.54 Å². The number of nitrogens with zero attached hydrogens (tertiary/aromatic N) is 4. The highest BCUT2D eigenvalue weighted by molar-refractivity contribution is 5.79. The van der Waals surface area contributed by atoms with Gasteiger partial charge in [-0.2, -0.15) is 4.40 Å². The van der Waals surface area contributed by atoms with Gasteiger partial charge in [-0.1, -0.05) is 0 Å². The second kappa shape index (κ2) is 3.00. The third-order valence-corrected chi connectivity index (χ3v) is 3.67. The zero-order valence-corrected chi connectivity index (χ0v) is 9.95. The van der Waals surface area contributed by atoms with E-state index in [0.717, 1.165) is 29.2 Å². The summed E-state index contributed by atoms with van der Waals surface area (Å²) in [5.41, 5.74) is 5.15. The molecule has 0 saturated heterocycles. The van der Waals surface area contributed by atoms with Crippen LogP contribution < -0.4 is 4.57 Å². The molecule has 4 aromatic rings. The minimum Gasteiger partial charge on any atom is -0.415 e. The van der Waals surface area contributed by atoms with Crippen LogP contribution in [0.1, 0.15) is 5.56 Å². The summed E-state index contributed by atoms with van der Waals surface area (Å²) in [5.74, 6) is 1.14. The summed E-state index contributed by atoms with van der Waals surface area (Å²) in [4.78, 5) is 8.38. The molecule has 5 rings (SSSR count). The molecule has 5 nitrogen and oxygen atoms in total. The van der Waals surface area contributed by atoms with E-state index in [1.807, 2.05) is 30.9 Å². The van der Waals surface area contributed by atoms with Crippen molar-refractivity contribution in [3.8, 4) is 11.4 Å². The van der Waals surface area contributed by atoms with Crippen LogP contribution in [0.5, 0.6) is 0 Å². The number of oxazole rings is 1. The van der Waals surface area contributed by atoms with Crippen molar-refractivity contribution in [3.63, 3.8) is 0 Å². The molecule has 0 unspecified atom stereocenters. The number of rotatable bonds is 0. The van der Waals surface area contributed by atoms with E-state index in [0.29, 0.717) is 0 Å². The Balaban J connectivity index is 2.00. The van der Waals surface area contributed by atoms with Gasteiger partial charge in [0.2, 0.25) is 0 Å². The largest absolute Gasteiger partial charge is 0.415 e. The van der Waals surface area contributed by atoms with Gasteiger partial charge in [0.25, 0.3) is 5.82 Å². The van der Waals surface area contributed by atoms with Crippen LogP contribution in [0.4, 0.5) is 0 Å². The summed E-state index contributed by atoms with van der Waals surface area (Å²) in [6.07, 6.45) is 9.38. The van der Waals surface area contributed by atoms with Crippen molar-refractivity contribution in [1.82, 2.24) is 14.4 Å². The molecule has 5 heterocycles. The van der Waals surface area contributed by atoms with E-state index in [2.05, 4.69) is 25.0 Å². The lowest BCUT2D eigenvalue weighted by Gasteiger charge is -1.91. The third-order valence-electron chi connectivity index (χ3n) is 3.67. The van der Waals surface area contributed by atoms with Crippen LogP contribution in [0.25, 0.3) is 28.2 Å². The predicted molar refractivity (Wildman–Crippen MR) is 67.5 cm³/mol. The highest BCUT2D eigenvalue weighted by atomic mass is 16.3. The SMILES string of the molecule is c1cc2c(cn1)C[n+]1cc3oc4ccncc4n3c1-2. The van der Waals surface area contributed by atoms with Crippen molar-refractivity contribution in [2.75, 3.05) is 0 Å². The van der Waals surface area contributed by atoms with E-state index >= 15 is 0 Å². The molecule has 4 aromatic heterocycles. The van der Waals surface area contributed by atoms with Crippen molar-refractivity contribution in [2.45, 2.75) is 6.54 Å². The Hall–Kier alpha value is -2.69. The summed E-state index contributed by atoms with van der Waals surface area (Å²) in [5, 5.41) is 0. The molecular formula is C14H9N4O+. The van der Waals surface area contributed by atoms with Gasteiger partial charge in [0.15, 0.2) is 17.3 Å². The van der Waals surface area contributed by atoms with Gasteiger partial charge in [0, 0.05) is 30.2 Å². The summed E-state index contributed by atoms with van der Waals surface area (Å²) < 4.78 is 10.2. The first-order valence-electron chi connectivity index (χ1n) is 6.12. The average Bonchev–Trinajstić information content (AvgIpc) is 3.04. The molecule has 19 heavy (non-hydrogen) atoms. The van der Waals surface area contributed by atoms with Crippen LogP contribution in [0.15, 0.2) is 47.5 Å². The highest BCUT2D eigenvalue weighted by Crippen LogP contribution is 2.30. The van der Waals surface area contributed by atoms with Crippen molar-refractivity contribution in [3.05, 3.63) is 48.7 Å². The van der Waals surface area contributed by atoms with Gasteiger partial charge in [-0.05, 0) is 6.07 Å². The van der Waals surface area contributed by atoms with E-state index in [1.165, 1.54) is 11.1 Å². The van der Waals surface area contributed by atoms with Crippen molar-refractivity contribution >= 4 is 16.8 Å². The highest BCUT2D eigenvalue weighted by Gasteiger charge is 2.32. The van der Waals surface area contributed by atoms with E-state index in [-0.39, 0.29) is 0 Å². The summed E-state index contributed by atoms with van der Waals surface area (Å²) in [6, 6.07) is 3.94. The number of hydrogen-bond acceptors (Lipinski definition) is 3. The average molecular weight is 249 g/mol. The van der Waals surface area contributed by atoms with Crippen LogP contribution in [-0.4, -0.2) is 14.4 Å². The first-order chi connectivity index (χ1) is 9.42. The summed E-state index contributed by atoms with van der Waals surface area (Å²) in [6.45, 7) is 0.845. The minimum absolute atomic E-state index is 0.845. The molecule has 0 spiro atoms. The van der Waals surface area contributed by atoms with E-state index in [9.17, 15) is 0 Å². The third kappa shape index (κ3) is 1.03. The number of pyridine rings is 2. The maximum Gasteiger partial charge on any atom is 0.336 e. The van der Waals surface area contributed by atoms with Crippen LogP contribution in [0.3, 0.4) is 0 Å². The predicted octanol–water partition coefficient (Wildman–Crippen LogP) is 1.79. The maximum absolute atomic E-state index is 5.85. The minimum atomic E-state index is 0.845. The first kappa shape index (κ1) is 9.27. The fourth-order valence-electron chi connectivity index (χ4n) is 2.88. The van der Waals surface area contributed by atoms with Crippen LogP contribution in [0.2, 0.25) is 0 Å². The summed E-state index contributed by atoms with van der Waals surface area (Å²) >= 11 is 0. The number of imidazole rings is 1. The van der Waals surface area contributed by atoms with Crippen molar-refractivity contribution in [1.29, 1.82) is 0 Å². The molecule has 0 saturated carbocycles. The van der Waals surface area contributed by atoms with Gasteiger partial charge < -0.3 is 4.42 Å². The molecular weight excluding hydrogens is 240 g/mol. The fraction of sp³-hybridized carbons (Fsp3) is 0.0714. The number of hydrogen-bond donors (Lipinski definition) is 0. The van der Waals surface area contributed by atoms with Gasteiger partial charge in [-0.25, -0.2) is 4.57 Å². The fourth-order valence-corrected chi connectivity index (χ4v) is 2.88. The number of aromatic nitrogens is 4. The smallest absolute Gasteiger partial charge is 0.336 e. The molecule has 5 heteroatoms. The monoisotopic (exact) mass is 249 g/mol. The second-order valence-corrected chi connectivity index (χ2v) is 4.73. The maximum atomic E-state index is 5.85. The van der Waals surface area contributed by atoms with Gasteiger partial charge in [-0.15, -0.1) is 0 Å². The Morgan fingerprint density at radius 2 is 2.05 bits per heavy atom. The molecule has 0 N–H and O–H groups in total. The van der Waals surface area contributed by atoms with Gasteiger partial charge in [-0.3, -0.25) is 9.97 Å². The second-order valence-electron chi connectivity index (χ2n) is 4.73. The molecule has 0 aromatic carbocycles. The zero-order chi connectivity index (χ0) is 12.4. The zero-order valence-electron chi connectivity index (χ0n) is 9.95. The Kier molecular flexibility index (Phi) is 1.46. The molecule has 0 atom stereocenters. The lowest BCUT2D eigenvalue weighted by atomic mass is 10.2. The lowest BCUT2D eigenvalue weighted by molar-refractivity contribution is -0.670. The Labute approximate surface area is 107 Å². The molecule has 1 aliphatic rings. The quantitative estimate of drug-likeness (QED) is 0.393. The van der Waals surface area contributed by atoms with Crippen LogP contribution in [0, 0.1) is 0 Å².